The SMILES string of the molecule is CCC(C)c1ccc(NC(=O)C(F)(F)C(F)(F)C(F)(F)C(F)(F)C(F)(F)C(F)(F)C(F)(F)C(F)(F)Cl)cc1. The van der Waals surface area contributed by atoms with Gasteiger partial charge in [0.2, 0.25) is 0 Å². The lowest BCUT2D eigenvalue weighted by Crippen LogP contribution is -2.75. The molecule has 1 atom stereocenters. The maximum atomic E-state index is 14.0. The Morgan fingerprint density at radius 3 is 1.37 bits per heavy atom. The molecule has 0 aliphatic heterocycles. The van der Waals surface area contributed by atoms with Gasteiger partial charge in [0.1, 0.15) is 0 Å². The highest BCUT2D eigenvalue weighted by molar-refractivity contribution is 6.22. The molecular weight excluding hydrogens is 598 g/mol. The van der Waals surface area contributed by atoms with E-state index >= 15 is 0 Å². The topological polar surface area (TPSA) is 29.1 Å². The van der Waals surface area contributed by atoms with Crippen molar-refractivity contribution in [2.24, 2.45) is 0 Å². The van der Waals surface area contributed by atoms with Crippen molar-refractivity contribution in [3.63, 3.8) is 0 Å². The van der Waals surface area contributed by atoms with Crippen molar-refractivity contribution < 1.29 is 75.0 Å². The highest BCUT2D eigenvalue weighted by Crippen LogP contribution is 2.64. The van der Waals surface area contributed by atoms with Crippen molar-refractivity contribution in [3.8, 4) is 0 Å². The van der Waals surface area contributed by atoms with Crippen molar-refractivity contribution >= 4 is 23.2 Å². The van der Waals surface area contributed by atoms with E-state index in [0.29, 0.717) is 12.0 Å². The first-order valence-electron chi connectivity index (χ1n) is 9.72. The van der Waals surface area contributed by atoms with Gasteiger partial charge < -0.3 is 5.32 Å². The molecule has 1 unspecified atom stereocenters. The van der Waals surface area contributed by atoms with Gasteiger partial charge in [-0.2, -0.15) is 70.2 Å². The van der Waals surface area contributed by atoms with Gasteiger partial charge in [-0.25, -0.2) is 0 Å². The molecule has 1 N–H and O–H groups in total. The minimum atomic E-state index is -8.62. The molecule has 0 bridgehead atoms. The van der Waals surface area contributed by atoms with Crippen molar-refractivity contribution in [2.75, 3.05) is 5.32 Å². The molecule has 2 nitrogen and oxygen atoms in total. The summed E-state index contributed by atoms with van der Waals surface area (Å²) in [6.07, 6.45) is 0.525. The van der Waals surface area contributed by atoms with E-state index in [2.05, 4.69) is 11.6 Å². The fourth-order valence-electron chi connectivity index (χ4n) is 2.65. The van der Waals surface area contributed by atoms with Crippen LogP contribution in [-0.2, 0) is 4.79 Å². The molecule has 1 aromatic carbocycles. The van der Waals surface area contributed by atoms with Crippen molar-refractivity contribution in [3.05, 3.63) is 29.8 Å². The van der Waals surface area contributed by atoms with Gasteiger partial charge in [0.05, 0.1) is 0 Å². The fourth-order valence-corrected chi connectivity index (χ4v) is 2.77. The van der Waals surface area contributed by atoms with Gasteiger partial charge in [-0.3, -0.25) is 4.79 Å². The molecule has 1 aromatic rings. The van der Waals surface area contributed by atoms with E-state index in [4.69, 9.17) is 0 Å². The number of rotatable bonds is 11. The standard InChI is InChI=1S/C19H14ClF16NO/c1-3-8(2)9-4-6-10(7-5-9)37-11(38)12(21,22)13(23,24)14(25,26)15(27,28)16(29,30)17(31,32)18(33,34)19(20,35)36/h4-8H,3H2,1-2H3,(H,37,38). The average Bonchev–Trinajstić information content (AvgIpc) is 2.77. The van der Waals surface area contributed by atoms with Crippen LogP contribution in [0.4, 0.5) is 75.9 Å². The summed E-state index contributed by atoms with van der Waals surface area (Å²) in [5, 5.41) is -5.97. The van der Waals surface area contributed by atoms with E-state index in [0.717, 1.165) is 29.6 Å². The first kappa shape index (κ1) is 33.9. The van der Waals surface area contributed by atoms with Gasteiger partial charge >= 0.3 is 52.7 Å². The number of nitrogens with one attached hydrogen (secondary N) is 1. The van der Waals surface area contributed by atoms with Crippen LogP contribution < -0.4 is 5.32 Å². The van der Waals surface area contributed by atoms with E-state index in [1.807, 2.05) is 0 Å². The Balaban J connectivity index is 3.49. The lowest BCUT2D eigenvalue weighted by molar-refractivity contribution is -0.445. The van der Waals surface area contributed by atoms with Gasteiger partial charge in [0, 0.05) is 5.69 Å². The second-order valence-electron chi connectivity index (χ2n) is 7.90. The molecule has 0 aliphatic rings. The molecule has 0 heterocycles. The van der Waals surface area contributed by atoms with E-state index in [1.54, 1.807) is 13.8 Å². The molecule has 0 spiro atoms. The number of halogens is 17. The predicted molar refractivity (Wildman–Crippen MR) is 99.2 cm³/mol. The van der Waals surface area contributed by atoms with Crippen LogP contribution in [0.2, 0.25) is 0 Å². The van der Waals surface area contributed by atoms with Crippen LogP contribution in [0.15, 0.2) is 24.3 Å². The van der Waals surface area contributed by atoms with Gasteiger partial charge in [-0.1, -0.05) is 26.0 Å². The molecule has 38 heavy (non-hydrogen) atoms. The summed E-state index contributed by atoms with van der Waals surface area (Å²) in [4.78, 5) is 11.6. The van der Waals surface area contributed by atoms with Crippen molar-refractivity contribution in [2.45, 2.75) is 73.0 Å². The van der Waals surface area contributed by atoms with Crippen molar-refractivity contribution in [1.29, 1.82) is 0 Å². The molecule has 19 heteroatoms. The number of alkyl halides is 17. The third-order valence-electron chi connectivity index (χ3n) is 5.36. The summed E-state index contributed by atoms with van der Waals surface area (Å²) in [5.41, 5.74) is -0.357. The van der Waals surface area contributed by atoms with Gasteiger partial charge in [0.25, 0.3) is 0 Å². The van der Waals surface area contributed by atoms with Crippen LogP contribution in [0.5, 0.6) is 0 Å². The number of amides is 1. The second kappa shape index (κ2) is 9.80. The molecule has 0 fully saturated rings. The molecule has 1 rings (SSSR count). The normalized spacial score (nSPS) is 15.9. The first-order valence-corrected chi connectivity index (χ1v) is 10.1. The van der Waals surface area contributed by atoms with Crippen LogP contribution >= 0.6 is 11.6 Å². The van der Waals surface area contributed by atoms with Crippen LogP contribution in [-0.4, -0.2) is 52.7 Å². The number of carbonyl (C=O) groups is 1. The van der Waals surface area contributed by atoms with Gasteiger partial charge in [0.15, 0.2) is 0 Å². The number of hydrogen-bond donors (Lipinski definition) is 1. The van der Waals surface area contributed by atoms with E-state index in [9.17, 15) is 75.0 Å². The summed E-state index contributed by atoms with van der Waals surface area (Å²) in [7, 11) is 0. The van der Waals surface area contributed by atoms with E-state index in [1.165, 1.54) is 0 Å². The zero-order valence-corrected chi connectivity index (χ0v) is 19.2. The third kappa shape index (κ3) is 4.85. The van der Waals surface area contributed by atoms with Crippen LogP contribution in [0.3, 0.4) is 0 Å². The Bertz CT molecular complexity index is 1000. The molecule has 0 saturated heterocycles. The Hall–Kier alpha value is -2.14. The zero-order chi connectivity index (χ0) is 30.6. The second-order valence-corrected chi connectivity index (χ2v) is 8.38. The largest absolute Gasteiger partial charge is 0.393 e. The molecule has 0 saturated carbocycles. The molecule has 0 aromatic heterocycles. The minimum Gasteiger partial charge on any atom is -0.321 e. The molecule has 220 valence electrons. The molecule has 1 amide bonds. The Morgan fingerprint density at radius 1 is 0.684 bits per heavy atom. The number of anilines is 1. The van der Waals surface area contributed by atoms with Crippen LogP contribution in [0.1, 0.15) is 31.7 Å². The quantitative estimate of drug-likeness (QED) is 0.198. The zero-order valence-electron chi connectivity index (χ0n) is 18.4. The Kier molecular flexibility index (Phi) is 8.74. The lowest BCUT2D eigenvalue weighted by Gasteiger charge is -2.42. The molecular formula is C19H14ClF16NO. The number of benzene rings is 1. The predicted octanol–water partition coefficient (Wildman–Crippen LogP) is 8.42. The van der Waals surface area contributed by atoms with Gasteiger partial charge in [-0.15, -0.1) is 0 Å². The van der Waals surface area contributed by atoms with E-state index in [-0.39, 0.29) is 5.92 Å². The highest BCUT2D eigenvalue weighted by Gasteiger charge is 2.95. The summed E-state index contributed by atoms with van der Waals surface area (Å²) < 4.78 is 216. The smallest absolute Gasteiger partial charge is 0.321 e. The van der Waals surface area contributed by atoms with Gasteiger partial charge in [-0.05, 0) is 41.6 Å². The maximum absolute atomic E-state index is 14.0. The van der Waals surface area contributed by atoms with Crippen LogP contribution in [0, 0.1) is 0 Å². The Morgan fingerprint density at radius 2 is 1.03 bits per heavy atom. The number of hydrogen-bond acceptors (Lipinski definition) is 1. The first-order chi connectivity index (χ1) is 16.6. The molecule has 0 aliphatic carbocycles. The Labute approximate surface area is 207 Å². The third-order valence-corrected chi connectivity index (χ3v) is 5.59. The number of carbonyl (C=O) groups excluding carboxylic acids is 1. The minimum absolute atomic E-state index is 0.169. The summed E-state index contributed by atoms with van der Waals surface area (Å²) in [5.74, 6) is -60.7. The van der Waals surface area contributed by atoms with Crippen LogP contribution in [0.25, 0.3) is 0 Å². The monoisotopic (exact) mass is 611 g/mol. The highest BCUT2D eigenvalue weighted by atomic mass is 35.5. The summed E-state index contributed by atoms with van der Waals surface area (Å²) >= 11 is 3.45. The average molecular weight is 612 g/mol. The van der Waals surface area contributed by atoms with E-state index < -0.39 is 58.4 Å². The maximum Gasteiger partial charge on any atom is 0.393 e. The summed E-state index contributed by atoms with van der Waals surface area (Å²) in [6, 6.07) is 3.75. The summed E-state index contributed by atoms with van der Waals surface area (Å²) in [6.45, 7) is 3.37. The molecule has 0 radical (unpaired) electrons. The van der Waals surface area contributed by atoms with Crippen molar-refractivity contribution in [1.82, 2.24) is 0 Å². The lowest BCUT2D eigenvalue weighted by atomic mass is 9.89. The fraction of sp³-hybridized carbons (Fsp3) is 0.632.